The number of nitrogens with zero attached hydrogens (tertiary/aromatic N) is 3. The van der Waals surface area contributed by atoms with E-state index in [2.05, 4.69) is 26.3 Å². The molecule has 1 saturated heterocycles. The highest BCUT2D eigenvalue weighted by Crippen LogP contribution is 2.16. The lowest BCUT2D eigenvalue weighted by Crippen LogP contribution is -2.46. The van der Waals surface area contributed by atoms with Gasteiger partial charge in [-0.1, -0.05) is 0 Å². The first-order valence-corrected chi connectivity index (χ1v) is 9.82. The second-order valence-corrected chi connectivity index (χ2v) is 7.62. The molecule has 4 rings (SSSR count). The van der Waals surface area contributed by atoms with Gasteiger partial charge < -0.3 is 14.6 Å². The van der Waals surface area contributed by atoms with Gasteiger partial charge in [0, 0.05) is 30.9 Å². The summed E-state index contributed by atoms with van der Waals surface area (Å²) >= 11 is 3.37. The van der Waals surface area contributed by atoms with E-state index >= 15 is 0 Å². The summed E-state index contributed by atoms with van der Waals surface area (Å²) in [6.45, 7) is 1.23. The highest BCUT2D eigenvalue weighted by molar-refractivity contribution is 9.10. The van der Waals surface area contributed by atoms with Crippen LogP contribution >= 0.6 is 15.9 Å². The zero-order valence-electron chi connectivity index (χ0n) is 15.0. The molecular weight excluding hydrogens is 424 g/mol. The SMILES string of the molecule is O=C(NC1CCN(C(=O)c2ccoc2)CC1)c1ccc(-n2cc(Br)cn2)cc1. The number of benzene rings is 1. The molecule has 1 aliphatic rings. The number of rotatable bonds is 4. The number of nitrogens with one attached hydrogen (secondary N) is 1. The lowest BCUT2D eigenvalue weighted by Gasteiger charge is -2.32. The van der Waals surface area contributed by atoms with Gasteiger partial charge in [-0.15, -0.1) is 0 Å². The van der Waals surface area contributed by atoms with Crippen molar-refractivity contribution in [3.05, 3.63) is 70.9 Å². The molecule has 0 saturated carbocycles. The van der Waals surface area contributed by atoms with Gasteiger partial charge in [-0.3, -0.25) is 9.59 Å². The summed E-state index contributed by atoms with van der Waals surface area (Å²) in [5.41, 5.74) is 2.05. The maximum Gasteiger partial charge on any atom is 0.257 e. The van der Waals surface area contributed by atoms with Gasteiger partial charge in [-0.2, -0.15) is 5.10 Å². The molecule has 3 heterocycles. The average molecular weight is 443 g/mol. The number of hydrogen-bond donors (Lipinski definition) is 1. The Kier molecular flexibility index (Phi) is 5.29. The number of piperidine rings is 1. The molecular formula is C20H19BrN4O3. The van der Waals surface area contributed by atoms with E-state index in [1.165, 1.54) is 12.5 Å². The van der Waals surface area contributed by atoms with Gasteiger partial charge in [-0.25, -0.2) is 4.68 Å². The fraction of sp³-hybridized carbons (Fsp3) is 0.250. The topological polar surface area (TPSA) is 80.4 Å². The minimum Gasteiger partial charge on any atom is -0.472 e. The Labute approximate surface area is 170 Å². The number of furan rings is 1. The average Bonchev–Trinajstić information content (AvgIpc) is 3.40. The van der Waals surface area contributed by atoms with Gasteiger partial charge >= 0.3 is 0 Å². The van der Waals surface area contributed by atoms with Crippen molar-refractivity contribution in [2.75, 3.05) is 13.1 Å². The Morgan fingerprint density at radius 1 is 1.11 bits per heavy atom. The summed E-state index contributed by atoms with van der Waals surface area (Å²) in [5, 5.41) is 7.29. The second kappa shape index (κ2) is 8.02. The lowest BCUT2D eigenvalue weighted by molar-refractivity contribution is 0.0697. The van der Waals surface area contributed by atoms with Crippen LogP contribution in [0.3, 0.4) is 0 Å². The summed E-state index contributed by atoms with van der Waals surface area (Å²) in [5.74, 6) is -0.132. The predicted molar refractivity (Wildman–Crippen MR) is 106 cm³/mol. The molecule has 0 unspecified atom stereocenters. The number of halogens is 1. The molecule has 1 aliphatic heterocycles. The van der Waals surface area contributed by atoms with Crippen LogP contribution in [0.4, 0.5) is 0 Å². The summed E-state index contributed by atoms with van der Waals surface area (Å²) in [4.78, 5) is 26.7. The van der Waals surface area contributed by atoms with Crippen LogP contribution in [0.25, 0.3) is 5.69 Å². The van der Waals surface area contributed by atoms with Crippen LogP contribution in [-0.2, 0) is 0 Å². The van der Waals surface area contributed by atoms with E-state index in [-0.39, 0.29) is 17.9 Å². The molecule has 2 amide bonds. The van der Waals surface area contributed by atoms with Crippen LogP contribution in [0.2, 0.25) is 0 Å². The third-order valence-electron chi connectivity index (χ3n) is 4.83. The Morgan fingerprint density at radius 2 is 1.86 bits per heavy atom. The van der Waals surface area contributed by atoms with Crippen molar-refractivity contribution in [3.8, 4) is 5.69 Å². The molecule has 1 fully saturated rings. The molecule has 28 heavy (non-hydrogen) atoms. The summed E-state index contributed by atoms with van der Waals surface area (Å²) < 4.78 is 7.60. The van der Waals surface area contributed by atoms with Gasteiger partial charge in [0.05, 0.1) is 28.2 Å². The Morgan fingerprint density at radius 3 is 2.46 bits per heavy atom. The van der Waals surface area contributed by atoms with Gasteiger partial charge in [0.2, 0.25) is 0 Å². The Bertz CT molecular complexity index is 958. The molecule has 1 N–H and O–H groups in total. The second-order valence-electron chi connectivity index (χ2n) is 6.70. The summed E-state index contributed by atoms with van der Waals surface area (Å²) in [6, 6.07) is 9.03. The standard InChI is InChI=1S/C20H19BrN4O3/c21-16-11-22-25(12-16)18-3-1-14(2-4-18)19(26)23-17-5-8-24(9-6-17)20(27)15-7-10-28-13-15/h1-4,7,10-13,17H,5-6,8-9H2,(H,23,26). The van der Waals surface area contributed by atoms with Crippen molar-refractivity contribution in [3.63, 3.8) is 0 Å². The first-order chi connectivity index (χ1) is 13.6. The largest absolute Gasteiger partial charge is 0.472 e. The van der Waals surface area contributed by atoms with Crippen LogP contribution < -0.4 is 5.32 Å². The van der Waals surface area contributed by atoms with Gasteiger partial charge in [0.15, 0.2) is 0 Å². The van der Waals surface area contributed by atoms with Gasteiger partial charge in [0.1, 0.15) is 6.26 Å². The molecule has 0 atom stereocenters. The maximum atomic E-state index is 12.5. The van der Waals surface area contributed by atoms with Crippen LogP contribution in [0.5, 0.6) is 0 Å². The van der Waals surface area contributed by atoms with E-state index in [1.54, 1.807) is 34.0 Å². The van der Waals surface area contributed by atoms with Crippen molar-refractivity contribution in [2.24, 2.45) is 0 Å². The predicted octanol–water partition coefficient (Wildman–Crippen LogP) is 3.26. The fourth-order valence-corrected chi connectivity index (χ4v) is 3.56. The van der Waals surface area contributed by atoms with E-state index in [9.17, 15) is 9.59 Å². The molecule has 0 radical (unpaired) electrons. The number of carbonyl (C=O) groups excluding carboxylic acids is 2. The van der Waals surface area contributed by atoms with Crippen LogP contribution in [0.1, 0.15) is 33.6 Å². The quantitative estimate of drug-likeness (QED) is 0.672. The monoisotopic (exact) mass is 442 g/mol. The van der Waals surface area contributed by atoms with Crippen molar-refractivity contribution >= 4 is 27.7 Å². The normalized spacial score (nSPS) is 14.8. The van der Waals surface area contributed by atoms with E-state index in [4.69, 9.17) is 4.42 Å². The minimum absolute atomic E-state index is 0.0284. The first kappa shape index (κ1) is 18.5. The van der Waals surface area contributed by atoms with Crippen LogP contribution in [0, 0.1) is 0 Å². The molecule has 0 bridgehead atoms. The lowest BCUT2D eigenvalue weighted by atomic mass is 10.0. The van der Waals surface area contributed by atoms with Crippen LogP contribution in [0.15, 0.2) is 64.1 Å². The van der Waals surface area contributed by atoms with E-state index in [0.717, 1.165) is 23.0 Å². The van der Waals surface area contributed by atoms with Crippen LogP contribution in [-0.4, -0.2) is 45.6 Å². The van der Waals surface area contributed by atoms with Crippen molar-refractivity contribution < 1.29 is 14.0 Å². The molecule has 1 aromatic carbocycles. The van der Waals surface area contributed by atoms with E-state index < -0.39 is 0 Å². The van der Waals surface area contributed by atoms with Gasteiger partial charge in [-0.05, 0) is 59.1 Å². The van der Waals surface area contributed by atoms with Crippen molar-refractivity contribution in [1.29, 1.82) is 0 Å². The van der Waals surface area contributed by atoms with E-state index in [0.29, 0.717) is 24.2 Å². The van der Waals surface area contributed by atoms with Crippen molar-refractivity contribution in [2.45, 2.75) is 18.9 Å². The van der Waals surface area contributed by atoms with Gasteiger partial charge in [0.25, 0.3) is 11.8 Å². The fourth-order valence-electron chi connectivity index (χ4n) is 3.27. The Balaban J connectivity index is 1.31. The third kappa shape index (κ3) is 4.01. The number of aromatic nitrogens is 2. The molecule has 7 nitrogen and oxygen atoms in total. The number of hydrogen-bond acceptors (Lipinski definition) is 4. The Hall–Kier alpha value is -2.87. The first-order valence-electron chi connectivity index (χ1n) is 9.03. The minimum atomic E-state index is -0.104. The number of amides is 2. The highest BCUT2D eigenvalue weighted by Gasteiger charge is 2.25. The third-order valence-corrected chi connectivity index (χ3v) is 5.24. The molecule has 0 spiro atoms. The molecule has 8 heteroatoms. The smallest absolute Gasteiger partial charge is 0.257 e. The van der Waals surface area contributed by atoms with E-state index in [1.807, 2.05) is 18.3 Å². The summed E-state index contributed by atoms with van der Waals surface area (Å²) in [7, 11) is 0. The summed E-state index contributed by atoms with van der Waals surface area (Å²) in [6.07, 6.45) is 7.99. The zero-order chi connectivity index (χ0) is 19.5. The zero-order valence-corrected chi connectivity index (χ0v) is 16.6. The maximum absolute atomic E-state index is 12.5. The molecule has 144 valence electrons. The van der Waals surface area contributed by atoms with Crippen molar-refractivity contribution in [1.82, 2.24) is 20.0 Å². The molecule has 3 aromatic rings. The molecule has 2 aromatic heterocycles. The number of likely N-dealkylation sites (tertiary alicyclic amines) is 1. The highest BCUT2D eigenvalue weighted by atomic mass is 79.9. The molecule has 0 aliphatic carbocycles. The number of carbonyl (C=O) groups is 2.